The number of nitrogens with one attached hydrogen (secondary N) is 2. The van der Waals surface area contributed by atoms with E-state index in [2.05, 4.69) is 39.7 Å². The molecule has 4 nitrogen and oxygen atoms in total. The number of hydrogen-bond donors (Lipinski definition) is 2. The van der Waals surface area contributed by atoms with Crippen LogP contribution in [0.4, 0.5) is 0 Å². The minimum Gasteiger partial charge on any atom is -0.316 e. The van der Waals surface area contributed by atoms with Crippen LogP contribution >= 0.6 is 0 Å². The maximum absolute atomic E-state index is 4.02. The first-order valence-electron chi connectivity index (χ1n) is 6.86. The second-order valence-corrected chi connectivity index (χ2v) is 5.06. The molecule has 100 valence electrons. The molecule has 18 heavy (non-hydrogen) atoms. The minimum absolute atomic E-state index is 0.650. The average Bonchev–Trinajstić information content (AvgIpc) is 2.40. The van der Waals surface area contributed by atoms with Gasteiger partial charge in [0, 0.05) is 38.1 Å². The monoisotopic (exact) mass is 248 g/mol. The molecular weight excluding hydrogens is 224 g/mol. The molecule has 1 atom stereocenters. The molecule has 1 aromatic rings. The van der Waals surface area contributed by atoms with Gasteiger partial charge in [0.2, 0.25) is 0 Å². The van der Waals surface area contributed by atoms with E-state index in [1.807, 2.05) is 12.4 Å². The molecule has 2 N–H and O–H groups in total. The molecule has 4 heteroatoms. The summed E-state index contributed by atoms with van der Waals surface area (Å²) >= 11 is 0. The van der Waals surface area contributed by atoms with Gasteiger partial charge in [-0.3, -0.25) is 4.98 Å². The van der Waals surface area contributed by atoms with Crippen LogP contribution in [0.2, 0.25) is 0 Å². The lowest BCUT2D eigenvalue weighted by Gasteiger charge is -2.30. The number of aromatic nitrogens is 1. The molecule has 0 amide bonds. The highest BCUT2D eigenvalue weighted by Gasteiger charge is 2.15. The Morgan fingerprint density at radius 2 is 2.22 bits per heavy atom. The molecular formula is C14H24N4. The van der Waals surface area contributed by atoms with Gasteiger partial charge < -0.3 is 15.5 Å². The number of piperazine rings is 1. The van der Waals surface area contributed by atoms with Crippen molar-refractivity contribution in [2.75, 3.05) is 39.8 Å². The second kappa shape index (κ2) is 7.46. The smallest absolute Gasteiger partial charge is 0.0270 e. The summed E-state index contributed by atoms with van der Waals surface area (Å²) in [6.45, 7) is 5.61. The van der Waals surface area contributed by atoms with Crippen molar-refractivity contribution in [1.29, 1.82) is 0 Å². The normalized spacial score (nSPS) is 21.1. The Morgan fingerprint density at radius 1 is 1.39 bits per heavy atom. The third-order valence-electron chi connectivity index (χ3n) is 3.47. The topological polar surface area (TPSA) is 40.2 Å². The lowest BCUT2D eigenvalue weighted by molar-refractivity contribution is 0.231. The van der Waals surface area contributed by atoms with Gasteiger partial charge in [-0.15, -0.1) is 0 Å². The Bertz CT molecular complexity index is 328. The maximum Gasteiger partial charge on any atom is 0.0270 e. The minimum atomic E-state index is 0.650. The summed E-state index contributed by atoms with van der Waals surface area (Å²) in [6, 6.07) is 4.82. The fourth-order valence-corrected chi connectivity index (χ4v) is 2.37. The quantitative estimate of drug-likeness (QED) is 0.720. The second-order valence-electron chi connectivity index (χ2n) is 5.06. The van der Waals surface area contributed by atoms with Crippen LogP contribution in [-0.2, 0) is 6.42 Å². The molecule has 1 unspecified atom stereocenters. The Kier molecular flexibility index (Phi) is 5.58. The van der Waals surface area contributed by atoms with Crippen molar-refractivity contribution in [2.24, 2.45) is 0 Å². The van der Waals surface area contributed by atoms with E-state index in [9.17, 15) is 0 Å². The fourth-order valence-electron chi connectivity index (χ4n) is 2.37. The largest absolute Gasteiger partial charge is 0.316 e. The predicted molar refractivity (Wildman–Crippen MR) is 74.7 cm³/mol. The summed E-state index contributed by atoms with van der Waals surface area (Å²) in [6.07, 6.45) is 6.01. The zero-order valence-corrected chi connectivity index (χ0v) is 11.2. The molecule has 2 rings (SSSR count). The van der Waals surface area contributed by atoms with Gasteiger partial charge in [0.05, 0.1) is 0 Å². The van der Waals surface area contributed by atoms with E-state index >= 15 is 0 Å². The van der Waals surface area contributed by atoms with E-state index in [1.54, 1.807) is 0 Å². The Labute approximate surface area is 110 Å². The highest BCUT2D eigenvalue weighted by Crippen LogP contribution is 2.00. The highest BCUT2D eigenvalue weighted by molar-refractivity contribution is 5.09. The van der Waals surface area contributed by atoms with Crippen molar-refractivity contribution in [2.45, 2.75) is 18.9 Å². The lowest BCUT2D eigenvalue weighted by atomic mass is 10.1. The molecule has 0 radical (unpaired) electrons. The summed E-state index contributed by atoms with van der Waals surface area (Å²) in [5.41, 5.74) is 1.35. The summed E-state index contributed by atoms with van der Waals surface area (Å²) < 4.78 is 0. The molecule has 0 aromatic carbocycles. The molecule has 2 heterocycles. The van der Waals surface area contributed by atoms with E-state index in [0.29, 0.717) is 6.04 Å². The van der Waals surface area contributed by atoms with Crippen LogP contribution in [0, 0.1) is 0 Å². The van der Waals surface area contributed by atoms with E-state index in [4.69, 9.17) is 0 Å². The van der Waals surface area contributed by atoms with Gasteiger partial charge in [-0.25, -0.2) is 0 Å². The van der Waals surface area contributed by atoms with Gasteiger partial charge in [0.15, 0.2) is 0 Å². The molecule has 1 fully saturated rings. The molecule has 0 spiro atoms. The van der Waals surface area contributed by atoms with E-state index in [0.717, 1.165) is 26.1 Å². The summed E-state index contributed by atoms with van der Waals surface area (Å²) in [5.74, 6) is 0. The first-order chi connectivity index (χ1) is 8.84. The van der Waals surface area contributed by atoms with Gasteiger partial charge in [-0.2, -0.15) is 0 Å². The zero-order chi connectivity index (χ0) is 12.6. The maximum atomic E-state index is 4.02. The Balaban J connectivity index is 1.53. The van der Waals surface area contributed by atoms with Gasteiger partial charge in [-0.1, -0.05) is 0 Å². The number of rotatable bonds is 6. The molecule has 1 aromatic heterocycles. The summed E-state index contributed by atoms with van der Waals surface area (Å²) in [7, 11) is 2.20. The van der Waals surface area contributed by atoms with Gasteiger partial charge in [0.25, 0.3) is 0 Å². The number of pyridine rings is 1. The van der Waals surface area contributed by atoms with Gasteiger partial charge in [0.1, 0.15) is 0 Å². The summed E-state index contributed by atoms with van der Waals surface area (Å²) in [4.78, 5) is 6.43. The van der Waals surface area contributed by atoms with E-state index < -0.39 is 0 Å². The van der Waals surface area contributed by atoms with Gasteiger partial charge >= 0.3 is 0 Å². The molecule has 1 saturated heterocycles. The Hall–Kier alpha value is -0.970. The molecule has 1 aliphatic rings. The van der Waals surface area contributed by atoms with E-state index in [1.165, 1.54) is 25.1 Å². The van der Waals surface area contributed by atoms with Crippen LogP contribution in [0.1, 0.15) is 12.0 Å². The molecule has 1 aliphatic heterocycles. The third-order valence-corrected chi connectivity index (χ3v) is 3.47. The standard InChI is InChI=1S/C14H24N4/c1-18-11-10-17-14(12-18)5-9-16-8-4-13-2-6-15-7-3-13/h2-3,6-7,14,16-17H,4-5,8-12H2,1H3. The van der Waals surface area contributed by atoms with Crippen LogP contribution in [0.5, 0.6) is 0 Å². The Morgan fingerprint density at radius 3 is 3.00 bits per heavy atom. The molecule has 0 saturated carbocycles. The first kappa shape index (κ1) is 13.5. The molecule has 0 bridgehead atoms. The number of nitrogens with zero attached hydrogens (tertiary/aromatic N) is 2. The van der Waals surface area contributed by atoms with Crippen molar-refractivity contribution in [3.05, 3.63) is 30.1 Å². The van der Waals surface area contributed by atoms with Gasteiger partial charge in [-0.05, 0) is 50.7 Å². The number of likely N-dealkylation sites (N-methyl/N-ethyl adjacent to an activating group) is 1. The third kappa shape index (κ3) is 4.72. The number of hydrogen-bond acceptors (Lipinski definition) is 4. The van der Waals surface area contributed by atoms with Crippen LogP contribution in [-0.4, -0.2) is 55.7 Å². The lowest BCUT2D eigenvalue weighted by Crippen LogP contribution is -2.49. The predicted octanol–water partition coefficient (Wildman–Crippen LogP) is 0.507. The van der Waals surface area contributed by atoms with Crippen molar-refractivity contribution in [3.63, 3.8) is 0 Å². The molecule has 0 aliphatic carbocycles. The van der Waals surface area contributed by atoms with Crippen LogP contribution in [0.25, 0.3) is 0 Å². The van der Waals surface area contributed by atoms with Crippen molar-refractivity contribution < 1.29 is 0 Å². The SMILES string of the molecule is CN1CCNC(CCNCCc2ccncc2)C1. The average molecular weight is 248 g/mol. The fraction of sp³-hybridized carbons (Fsp3) is 0.643. The van der Waals surface area contributed by atoms with Crippen LogP contribution < -0.4 is 10.6 Å². The zero-order valence-electron chi connectivity index (χ0n) is 11.2. The summed E-state index contributed by atoms with van der Waals surface area (Å²) in [5, 5.41) is 7.09. The van der Waals surface area contributed by atoms with Crippen molar-refractivity contribution in [1.82, 2.24) is 20.5 Å². The van der Waals surface area contributed by atoms with Crippen LogP contribution in [0.15, 0.2) is 24.5 Å². The first-order valence-corrected chi connectivity index (χ1v) is 6.86. The van der Waals surface area contributed by atoms with Crippen molar-refractivity contribution >= 4 is 0 Å². The van der Waals surface area contributed by atoms with Crippen molar-refractivity contribution in [3.8, 4) is 0 Å². The van der Waals surface area contributed by atoms with E-state index in [-0.39, 0.29) is 0 Å². The van der Waals surface area contributed by atoms with Crippen LogP contribution in [0.3, 0.4) is 0 Å². The highest BCUT2D eigenvalue weighted by atomic mass is 15.2.